The number of hydrogen-bond acceptors (Lipinski definition) is 27. The normalized spacial score (nSPS) is 16.6. The summed E-state index contributed by atoms with van der Waals surface area (Å²) in [5, 5.41) is 98.0. The van der Waals surface area contributed by atoms with Crippen LogP contribution in [0.2, 0.25) is 0 Å². The Kier molecular flexibility index (Phi) is 50.7. The van der Waals surface area contributed by atoms with E-state index in [0.29, 0.717) is 56.3 Å². The first kappa shape index (κ1) is 113. The molecule has 2 saturated heterocycles. The van der Waals surface area contributed by atoms with E-state index in [1.54, 1.807) is 30.3 Å². The zero-order chi connectivity index (χ0) is 99.1. The van der Waals surface area contributed by atoms with E-state index in [9.17, 15) is 117 Å². The van der Waals surface area contributed by atoms with Gasteiger partial charge in [-0.05, 0) is 177 Å². The zero-order valence-electron chi connectivity index (χ0n) is 75.4. The molecule has 2 aromatic carbocycles. The Morgan fingerprint density at radius 2 is 0.812 bits per heavy atom. The number of thiol groups is 2. The van der Waals surface area contributed by atoms with Gasteiger partial charge in [0.15, 0.2) is 5.96 Å². The van der Waals surface area contributed by atoms with E-state index in [1.165, 1.54) is 63.8 Å². The summed E-state index contributed by atoms with van der Waals surface area (Å²) in [5.41, 5.74) is 23.5. The second-order valence-electron chi connectivity index (χ2n) is 33.3. The molecule has 0 saturated carbocycles. The predicted molar refractivity (Wildman–Crippen MR) is 489 cm³/mol. The number of phenolic OH excluding ortho intramolecular Hbond substituents is 1. The van der Waals surface area contributed by atoms with Crippen molar-refractivity contribution in [3.05, 3.63) is 65.7 Å². The highest BCUT2D eigenvalue weighted by atomic mass is 32.1. The number of guanidine groups is 1. The molecule has 15 amide bonds. The van der Waals surface area contributed by atoms with Crippen molar-refractivity contribution in [2.45, 2.75) is 273 Å². The third-order valence-corrected chi connectivity index (χ3v) is 22.6. The number of carbonyl (C=O) groups excluding carboxylic acids is 15. The first-order chi connectivity index (χ1) is 63.1. The number of nitrogens with one attached hydrogen (secondary N) is 17. The van der Waals surface area contributed by atoms with Crippen LogP contribution < -0.4 is 108 Å². The van der Waals surface area contributed by atoms with Gasteiger partial charge < -0.3 is 138 Å². The molecule has 0 aromatic heterocycles. The summed E-state index contributed by atoms with van der Waals surface area (Å²) in [5.74, 6) is -23.3. The number of hydrogen-bond donors (Lipinski definition) is 28. The first-order valence-corrected chi connectivity index (χ1v) is 45.7. The molecule has 0 radical (unpaired) electrons. The molecular weight excluding hydrogens is 1780 g/mol. The Labute approximate surface area is 781 Å². The van der Waals surface area contributed by atoms with Crippen LogP contribution in [0.5, 0.6) is 5.75 Å². The molecule has 4 rings (SSSR count). The summed E-state index contributed by atoms with van der Waals surface area (Å²) in [4.78, 5) is 264. The highest BCUT2D eigenvalue weighted by Crippen LogP contribution is 2.22. The third-order valence-electron chi connectivity index (χ3n) is 21.9. The van der Waals surface area contributed by atoms with Gasteiger partial charge >= 0.3 is 23.9 Å². The quantitative estimate of drug-likeness (QED) is 0.0127. The average Bonchev–Trinajstić information content (AvgIpc) is 1.72. The number of nitrogens with zero attached hydrogens (tertiary/aromatic N) is 1. The van der Waals surface area contributed by atoms with Crippen LogP contribution in [0, 0.1) is 17.2 Å². The molecule has 2 aromatic rings. The summed E-state index contributed by atoms with van der Waals surface area (Å²) < 4.78 is 0. The van der Waals surface area contributed by atoms with Crippen LogP contribution in [0.3, 0.4) is 0 Å². The predicted octanol–water partition coefficient (Wildman–Crippen LogP) is -5.16. The monoisotopic (exact) mass is 1910 g/mol. The van der Waals surface area contributed by atoms with Gasteiger partial charge in [-0.25, -0.2) is 4.79 Å². The lowest BCUT2D eigenvalue weighted by Gasteiger charge is -2.30. The number of rotatable bonds is 62. The fourth-order valence-electron chi connectivity index (χ4n) is 14.4. The fourth-order valence-corrected chi connectivity index (χ4v) is 14.9. The highest BCUT2D eigenvalue weighted by molar-refractivity contribution is 7.80. The van der Waals surface area contributed by atoms with E-state index < -0.39 is 259 Å². The van der Waals surface area contributed by atoms with E-state index >= 15 is 0 Å². The van der Waals surface area contributed by atoms with Gasteiger partial charge in [0.1, 0.15) is 96.4 Å². The van der Waals surface area contributed by atoms with Crippen molar-refractivity contribution in [3.63, 3.8) is 0 Å². The average molecular weight is 1910 g/mol. The Balaban J connectivity index is 1.59. The van der Waals surface area contributed by atoms with E-state index in [0.717, 1.165) is 6.42 Å². The maximum Gasteiger partial charge on any atom is 0.326 e. The van der Waals surface area contributed by atoms with Crippen LogP contribution in [0.15, 0.2) is 54.6 Å². The van der Waals surface area contributed by atoms with Crippen LogP contribution in [0.1, 0.15) is 174 Å². The topological polar surface area (TPSA) is 749 Å². The second-order valence-corrected chi connectivity index (χ2v) is 34.0. The fraction of sp³-hybridized carbons (Fsp3) is 0.624. The minimum Gasteiger partial charge on any atom is -0.508 e. The van der Waals surface area contributed by atoms with Crippen molar-refractivity contribution >= 4 is 144 Å². The van der Waals surface area contributed by atoms with Crippen LogP contribution in [-0.2, 0) is 104 Å². The maximum atomic E-state index is 15.0. The van der Waals surface area contributed by atoms with Crippen molar-refractivity contribution in [3.8, 4) is 5.75 Å². The largest absolute Gasteiger partial charge is 0.508 e. The molecule has 2 aliphatic heterocycles. The number of benzene rings is 2. The molecule has 2 heterocycles. The number of carbonyl (C=O) groups is 19. The Bertz CT molecular complexity index is 4270. The summed E-state index contributed by atoms with van der Waals surface area (Å²) in [6.45, 7) is 8.44. The minimum absolute atomic E-state index is 0.0257. The maximum absolute atomic E-state index is 15.0. The van der Waals surface area contributed by atoms with E-state index in [-0.39, 0.29) is 114 Å². The van der Waals surface area contributed by atoms with Gasteiger partial charge in [-0.1, -0.05) is 70.2 Å². The lowest BCUT2D eigenvalue weighted by Crippen LogP contribution is -2.62. The molecule has 740 valence electrons. The van der Waals surface area contributed by atoms with Gasteiger partial charge in [0.2, 0.25) is 88.6 Å². The number of likely N-dealkylation sites (tertiary alicyclic amines) is 1. The molecule has 30 N–H and O–H groups in total. The number of aliphatic carboxylic acids is 4. The Morgan fingerprint density at radius 3 is 1.26 bits per heavy atom. The van der Waals surface area contributed by atoms with Gasteiger partial charge in [-0.15, -0.1) is 0 Å². The highest BCUT2D eigenvalue weighted by Gasteiger charge is 2.43. The lowest BCUT2D eigenvalue weighted by molar-refractivity contribution is -0.143. The Hall–Kier alpha value is -12.0. The number of unbranched alkanes of at least 4 members (excludes halogenated alkanes) is 3. The Morgan fingerprint density at radius 1 is 0.421 bits per heavy atom. The summed E-state index contributed by atoms with van der Waals surface area (Å²) in [6.07, 6.45) is -1.12. The zero-order valence-corrected chi connectivity index (χ0v) is 77.2. The van der Waals surface area contributed by atoms with Crippen molar-refractivity contribution < 1.29 is 117 Å². The molecule has 46 nitrogen and oxygen atoms in total. The molecule has 0 aliphatic carbocycles. The number of phenols is 1. The molecule has 133 heavy (non-hydrogen) atoms. The van der Waals surface area contributed by atoms with Gasteiger partial charge in [-0.2, -0.15) is 25.3 Å². The smallest absolute Gasteiger partial charge is 0.326 e. The van der Waals surface area contributed by atoms with Crippen molar-refractivity contribution in [1.82, 2.24) is 90.0 Å². The van der Waals surface area contributed by atoms with Gasteiger partial charge in [-0.3, -0.25) is 91.7 Å². The molecule has 0 unspecified atom stereocenters. The molecule has 2 aliphatic rings. The number of nitrogens with two attached hydrogens (primary N) is 4. The summed E-state index contributed by atoms with van der Waals surface area (Å²) in [7, 11) is 0. The molecular formula is C85H134N22O24S2. The summed E-state index contributed by atoms with van der Waals surface area (Å²) >= 11 is 8.62. The summed E-state index contributed by atoms with van der Waals surface area (Å²) in [6, 6.07) is -10.4. The number of carboxylic acids is 4. The second kappa shape index (κ2) is 59.5. The number of aromatic hydroxyl groups is 1. The van der Waals surface area contributed by atoms with Crippen molar-refractivity contribution in [1.29, 1.82) is 5.41 Å². The molecule has 2 fully saturated rings. The molecule has 0 spiro atoms. The van der Waals surface area contributed by atoms with Gasteiger partial charge in [0.25, 0.3) is 0 Å². The van der Waals surface area contributed by atoms with E-state index in [4.69, 9.17) is 28.3 Å². The van der Waals surface area contributed by atoms with Gasteiger partial charge in [0.05, 0.1) is 12.5 Å². The van der Waals surface area contributed by atoms with E-state index in [2.05, 4.69) is 110 Å². The third kappa shape index (κ3) is 40.5. The SMILES string of the molecule is CC(C)[C@H](NC(=O)[C@H](CCCNC(=N)N)NC(=O)[C@H](CCC(=O)O)NC(=O)[C@H](C)NC(=O)[C@H](Cc1ccccc1)NC(=O)[C@H](Cc1ccc(O)cc1)NC(=O)[C@@H](NC(=O)[C@H](CCC(=O)O)NC(=O)[C@H](CCCCN)NC(=O)[C@H](CC(=O)O)NC(=O)[C@H](CS)NC(=O)[C@H](CCCCN)NC(=O)[C@@H]1CCCN1C(=O)[C@H](CS)NC(=O)[C@H](CCCCN)NC(=O)[C@@H]1CCCN1)C(C)C)C(=O)O. The minimum atomic E-state index is -2.03. The number of carboxylic acid groups (broad SMARTS) is 4. The number of amides is 15. The molecule has 16 atom stereocenters. The standard InChI is InChI=1S/C85H134N22O24S2/c1-45(2)67(82(128)102-59(41-49-26-28-50(108)29-27-49)78(124)100-58(40-48-18-7-6-8-19-48)77(123)93-47(5)69(115)94-56(30-32-64(109)110)74(120)96-55(24-16-38-92-85(89)90)75(121)106-68(46(3)4)84(130)131)105-76(122)57(31-33-65(111)112)98-71(117)52(20-9-12-34-86)97-79(125)60(42-66(113)114)101-80(126)61(43-132)103-72(118)54(22-11-14-36-88)99-81(127)63-25-17-39-107(63)83(129)62(44-133)104-73(119)53(21-10-13-35-87)95-70(116)51-23-15-37-91-51/h6-8,18-19,26-29,45-47,51-63,67-68,91,108,132-133H,9-17,20-25,30-44,86-88H2,1-5H3,(H,93,123)(H,94,115)(H,95,116)(H,96,120)(H,97,125)(H,98,117)(H,99,127)(H,100,124)(H,101,126)(H,102,128)(H,103,118)(H,104,119)(H,105,122)(H,106,121)(H,109,110)(H,111,112)(H,113,114)(H,130,131)(H4,89,90,92)/t47-,51-,52-,53-,54-,55-,56-,57-,58-,59-,60-,61-,62-,63-,67-,68-/m0/s1. The lowest BCUT2D eigenvalue weighted by atomic mass is 9.99. The van der Waals surface area contributed by atoms with E-state index in [1.807, 2.05) is 0 Å². The molecule has 0 bridgehead atoms. The first-order valence-electron chi connectivity index (χ1n) is 44.5. The van der Waals surface area contributed by atoms with Crippen molar-refractivity contribution in [2.75, 3.05) is 50.8 Å². The van der Waals surface area contributed by atoms with Crippen LogP contribution in [0.4, 0.5) is 0 Å². The van der Waals surface area contributed by atoms with Gasteiger partial charge in [0, 0.05) is 50.3 Å². The van der Waals surface area contributed by atoms with Crippen molar-refractivity contribution in [2.24, 2.45) is 34.8 Å². The van der Waals surface area contributed by atoms with Crippen LogP contribution in [-0.4, -0.2) is 296 Å². The van der Waals surface area contributed by atoms with Crippen LogP contribution in [0.25, 0.3) is 0 Å². The molecule has 48 heteroatoms. The van der Waals surface area contributed by atoms with Crippen LogP contribution >= 0.6 is 25.3 Å².